The van der Waals surface area contributed by atoms with E-state index in [4.69, 9.17) is 5.11 Å². The van der Waals surface area contributed by atoms with Crippen molar-refractivity contribution >= 4 is 11.6 Å². The number of carbonyl (C=O) groups is 1. The third-order valence-electron chi connectivity index (χ3n) is 5.39. The Bertz CT molecular complexity index is 934. The topological polar surface area (TPSA) is 83.6 Å². The van der Waals surface area contributed by atoms with Crippen molar-refractivity contribution in [2.24, 2.45) is 0 Å². The molecule has 7 heteroatoms. The summed E-state index contributed by atoms with van der Waals surface area (Å²) < 4.78 is 1.63. The minimum Gasteiger partial charge on any atom is -0.396 e. The lowest BCUT2D eigenvalue weighted by Crippen LogP contribution is -2.41. The molecule has 1 amide bonds. The Hall–Kier alpha value is -2.80. The molecule has 146 valence electrons. The first-order valence-electron chi connectivity index (χ1n) is 9.89. The highest BCUT2D eigenvalue weighted by Crippen LogP contribution is 2.26. The predicted octanol–water partition coefficient (Wildman–Crippen LogP) is 2.63. The Morgan fingerprint density at radius 3 is 2.79 bits per heavy atom. The van der Waals surface area contributed by atoms with Gasteiger partial charge in [0.05, 0.1) is 6.20 Å². The molecule has 0 aliphatic heterocycles. The molecule has 0 bridgehead atoms. The van der Waals surface area contributed by atoms with Gasteiger partial charge in [0, 0.05) is 44.0 Å². The molecule has 3 aromatic rings. The highest BCUT2D eigenvalue weighted by molar-refractivity contribution is 5.99. The molecule has 28 heavy (non-hydrogen) atoms. The SMILES string of the molecule is O=C(c1cnn2cc(CCO)cnc12)N(Cc1cccnc1)C1CCCCC1. The van der Waals surface area contributed by atoms with Crippen molar-refractivity contribution in [2.45, 2.75) is 51.1 Å². The first-order chi connectivity index (χ1) is 13.8. The standard InChI is InChI=1S/C21H25N5O2/c27-10-8-17-12-23-20-19(13-24-26(20)15-17)21(28)25(18-6-2-1-3-7-18)14-16-5-4-9-22-11-16/h4-5,9,11-13,15,18,27H,1-3,6-8,10,14H2. The third kappa shape index (κ3) is 3.89. The van der Waals surface area contributed by atoms with Gasteiger partial charge in [0.1, 0.15) is 5.56 Å². The summed E-state index contributed by atoms with van der Waals surface area (Å²) in [6.45, 7) is 0.595. The van der Waals surface area contributed by atoms with E-state index in [2.05, 4.69) is 15.1 Å². The van der Waals surface area contributed by atoms with E-state index >= 15 is 0 Å². The zero-order chi connectivity index (χ0) is 19.3. The summed E-state index contributed by atoms with van der Waals surface area (Å²) in [5.41, 5.74) is 2.98. The summed E-state index contributed by atoms with van der Waals surface area (Å²) in [7, 11) is 0. The summed E-state index contributed by atoms with van der Waals surface area (Å²) in [4.78, 5) is 24.1. The van der Waals surface area contributed by atoms with Gasteiger partial charge in [-0.1, -0.05) is 25.3 Å². The van der Waals surface area contributed by atoms with Gasteiger partial charge in [-0.05, 0) is 36.5 Å². The lowest BCUT2D eigenvalue weighted by molar-refractivity contribution is 0.0616. The maximum absolute atomic E-state index is 13.5. The first kappa shape index (κ1) is 18.6. The molecule has 0 aromatic carbocycles. The van der Waals surface area contributed by atoms with Gasteiger partial charge in [0.15, 0.2) is 5.65 Å². The fourth-order valence-corrected chi connectivity index (χ4v) is 3.92. The Morgan fingerprint density at radius 2 is 2.04 bits per heavy atom. The number of hydrogen-bond donors (Lipinski definition) is 1. The Labute approximate surface area is 164 Å². The van der Waals surface area contributed by atoms with Crippen molar-refractivity contribution < 1.29 is 9.90 Å². The summed E-state index contributed by atoms with van der Waals surface area (Å²) in [5, 5.41) is 13.4. The van der Waals surface area contributed by atoms with Crippen molar-refractivity contribution in [1.82, 2.24) is 24.5 Å². The molecule has 7 nitrogen and oxygen atoms in total. The van der Waals surface area contributed by atoms with Gasteiger partial charge < -0.3 is 10.0 Å². The summed E-state index contributed by atoms with van der Waals surface area (Å²) in [5.74, 6) is -0.0341. The lowest BCUT2D eigenvalue weighted by atomic mass is 9.93. The van der Waals surface area contributed by atoms with Crippen molar-refractivity contribution in [1.29, 1.82) is 0 Å². The average molecular weight is 379 g/mol. The molecule has 4 rings (SSSR count). The van der Waals surface area contributed by atoms with E-state index < -0.39 is 0 Å². The molecule has 1 fully saturated rings. The molecule has 0 atom stereocenters. The summed E-state index contributed by atoms with van der Waals surface area (Å²) in [6, 6.07) is 4.13. The molecule has 3 heterocycles. The molecule has 0 spiro atoms. The van der Waals surface area contributed by atoms with Crippen LogP contribution in [0.5, 0.6) is 0 Å². The number of aliphatic hydroxyl groups is 1. The minimum absolute atomic E-state index is 0.0341. The zero-order valence-electron chi connectivity index (χ0n) is 15.9. The van der Waals surface area contributed by atoms with Gasteiger partial charge in [0.2, 0.25) is 0 Å². The molecule has 1 N–H and O–H groups in total. The molecule has 1 aliphatic carbocycles. The van der Waals surface area contributed by atoms with Crippen molar-refractivity contribution in [3.05, 3.63) is 59.8 Å². The quantitative estimate of drug-likeness (QED) is 0.712. The Balaban J connectivity index is 1.65. The number of amides is 1. The molecule has 1 aliphatic rings. The fourth-order valence-electron chi connectivity index (χ4n) is 3.92. The van der Waals surface area contributed by atoms with Gasteiger partial charge in [-0.15, -0.1) is 0 Å². The highest BCUT2D eigenvalue weighted by Gasteiger charge is 2.28. The van der Waals surface area contributed by atoms with Crippen LogP contribution in [0.15, 0.2) is 43.1 Å². The highest BCUT2D eigenvalue weighted by atomic mass is 16.3. The maximum atomic E-state index is 13.5. The van der Waals surface area contributed by atoms with Crippen LogP contribution in [-0.2, 0) is 13.0 Å². The molecule has 0 radical (unpaired) electrons. The minimum atomic E-state index is -0.0341. The number of fused-ring (bicyclic) bond motifs is 1. The second-order valence-electron chi connectivity index (χ2n) is 7.35. The zero-order valence-corrected chi connectivity index (χ0v) is 15.9. The van der Waals surface area contributed by atoms with Crippen molar-refractivity contribution in [3.8, 4) is 0 Å². The van der Waals surface area contributed by atoms with Crippen LogP contribution in [0, 0.1) is 0 Å². The van der Waals surface area contributed by atoms with E-state index in [0.29, 0.717) is 24.2 Å². The molecular weight excluding hydrogens is 354 g/mol. The number of carbonyl (C=O) groups excluding carboxylic acids is 1. The number of aliphatic hydroxyl groups excluding tert-OH is 1. The Morgan fingerprint density at radius 1 is 1.18 bits per heavy atom. The summed E-state index contributed by atoms with van der Waals surface area (Å²) >= 11 is 0. The fraction of sp³-hybridized carbons (Fsp3) is 0.429. The van der Waals surface area contributed by atoms with E-state index in [9.17, 15) is 4.79 Å². The number of aromatic nitrogens is 4. The van der Waals surface area contributed by atoms with Crippen molar-refractivity contribution in [2.75, 3.05) is 6.61 Å². The van der Waals surface area contributed by atoms with Crippen LogP contribution < -0.4 is 0 Å². The molecule has 0 unspecified atom stereocenters. The van der Waals surface area contributed by atoms with E-state index in [1.54, 1.807) is 23.1 Å². The molecular formula is C21H25N5O2. The van der Waals surface area contributed by atoms with E-state index in [1.807, 2.05) is 29.4 Å². The number of hydrogen-bond acceptors (Lipinski definition) is 5. The van der Waals surface area contributed by atoms with Gasteiger partial charge >= 0.3 is 0 Å². The molecule has 1 saturated carbocycles. The Kier molecular flexibility index (Phi) is 5.62. The van der Waals surface area contributed by atoms with Gasteiger partial charge in [-0.2, -0.15) is 5.10 Å². The predicted molar refractivity (Wildman–Crippen MR) is 105 cm³/mol. The number of pyridine rings is 1. The average Bonchev–Trinajstić information content (AvgIpc) is 3.16. The van der Waals surface area contributed by atoms with Crippen LogP contribution in [0.1, 0.15) is 53.6 Å². The van der Waals surface area contributed by atoms with Gasteiger partial charge in [-0.3, -0.25) is 9.78 Å². The molecule has 3 aromatic heterocycles. The van der Waals surface area contributed by atoms with Crippen molar-refractivity contribution in [3.63, 3.8) is 0 Å². The van der Waals surface area contributed by atoms with Crippen LogP contribution in [0.2, 0.25) is 0 Å². The largest absolute Gasteiger partial charge is 0.396 e. The van der Waals surface area contributed by atoms with Crippen LogP contribution in [-0.4, -0.2) is 48.1 Å². The third-order valence-corrected chi connectivity index (χ3v) is 5.39. The maximum Gasteiger partial charge on any atom is 0.259 e. The second kappa shape index (κ2) is 8.48. The van der Waals surface area contributed by atoms with E-state index in [1.165, 1.54) is 6.42 Å². The second-order valence-corrected chi connectivity index (χ2v) is 7.35. The van der Waals surface area contributed by atoms with Crippen LogP contribution >= 0.6 is 0 Å². The monoisotopic (exact) mass is 379 g/mol. The normalized spacial score (nSPS) is 15.0. The van der Waals surface area contributed by atoms with Crippen LogP contribution in [0.4, 0.5) is 0 Å². The smallest absolute Gasteiger partial charge is 0.259 e. The van der Waals surface area contributed by atoms with E-state index in [0.717, 1.165) is 36.8 Å². The van der Waals surface area contributed by atoms with Crippen LogP contribution in [0.3, 0.4) is 0 Å². The summed E-state index contributed by atoms with van der Waals surface area (Å²) in [6.07, 6.45) is 14.8. The number of nitrogens with zero attached hydrogens (tertiary/aromatic N) is 5. The number of rotatable bonds is 6. The van der Waals surface area contributed by atoms with E-state index in [-0.39, 0.29) is 18.6 Å². The van der Waals surface area contributed by atoms with Gasteiger partial charge in [-0.25, -0.2) is 9.50 Å². The first-order valence-corrected chi connectivity index (χ1v) is 9.89. The van der Waals surface area contributed by atoms with Gasteiger partial charge in [0.25, 0.3) is 5.91 Å². The lowest BCUT2D eigenvalue weighted by Gasteiger charge is -2.34. The molecule has 0 saturated heterocycles. The van der Waals surface area contributed by atoms with Crippen LogP contribution in [0.25, 0.3) is 5.65 Å².